The third-order valence-corrected chi connectivity index (χ3v) is 4.89. The highest BCUT2D eigenvalue weighted by Crippen LogP contribution is 2.39. The predicted octanol–water partition coefficient (Wildman–Crippen LogP) is 2.14. The summed E-state index contributed by atoms with van der Waals surface area (Å²) in [5, 5.41) is 25.8. The lowest BCUT2D eigenvalue weighted by Gasteiger charge is -2.35. The zero-order chi connectivity index (χ0) is 24.2. The van der Waals surface area contributed by atoms with Crippen LogP contribution in [0.15, 0.2) is 18.2 Å². The fourth-order valence-electron chi connectivity index (χ4n) is 3.37. The van der Waals surface area contributed by atoms with Crippen LogP contribution in [-0.4, -0.2) is 63.4 Å². The molecule has 0 bridgehead atoms. The molecular weight excluding hydrogens is 414 g/mol. The minimum absolute atomic E-state index is 0.0736. The van der Waals surface area contributed by atoms with Crippen molar-refractivity contribution in [3.05, 3.63) is 29.3 Å². The number of benzene rings is 1. The molecule has 2 rings (SSSR count). The summed E-state index contributed by atoms with van der Waals surface area (Å²) in [7, 11) is 0. The predicted molar refractivity (Wildman–Crippen MR) is 119 cm³/mol. The summed E-state index contributed by atoms with van der Waals surface area (Å²) in [5.74, 6) is -1.14. The molecule has 9 heteroatoms. The van der Waals surface area contributed by atoms with Gasteiger partial charge in [0.2, 0.25) is 11.8 Å². The molecule has 1 aliphatic rings. The first kappa shape index (κ1) is 25.5. The molecule has 0 aromatic heterocycles. The molecule has 0 aliphatic heterocycles. The Morgan fingerprint density at radius 1 is 1.19 bits per heavy atom. The molecule has 0 heterocycles. The van der Waals surface area contributed by atoms with Gasteiger partial charge in [-0.1, -0.05) is 18.2 Å². The number of alkyl carbamates (subject to hydrolysis) is 1. The van der Waals surface area contributed by atoms with E-state index in [0.717, 1.165) is 0 Å². The van der Waals surface area contributed by atoms with Gasteiger partial charge in [0.15, 0.2) is 0 Å². The van der Waals surface area contributed by atoms with Crippen molar-refractivity contribution in [3.63, 3.8) is 0 Å². The number of hydrogen-bond donors (Lipinski definition) is 4. The molecule has 1 aromatic carbocycles. The summed E-state index contributed by atoms with van der Waals surface area (Å²) in [6.07, 6.45) is 0.505. The molecule has 0 radical (unpaired) electrons. The number of ether oxygens (including phenoxy) is 1. The van der Waals surface area contributed by atoms with Gasteiger partial charge in [-0.05, 0) is 59.9 Å². The molecule has 1 fully saturated rings. The summed E-state index contributed by atoms with van der Waals surface area (Å²) in [5.41, 5.74) is 0.0760. The second-order valence-corrected chi connectivity index (χ2v) is 9.44. The average molecular weight is 450 g/mol. The number of amides is 3. The molecule has 0 saturated heterocycles. The van der Waals surface area contributed by atoms with Gasteiger partial charge in [0, 0.05) is 17.6 Å². The van der Waals surface area contributed by atoms with E-state index in [1.807, 2.05) is 0 Å². The lowest BCUT2D eigenvalue weighted by molar-refractivity contribution is -0.144. The number of aliphatic hydroxyl groups excluding tert-OH is 1. The van der Waals surface area contributed by atoms with E-state index < -0.39 is 42.2 Å². The van der Waals surface area contributed by atoms with Crippen molar-refractivity contribution in [3.8, 4) is 5.75 Å². The number of phenols is 1. The number of nitrogens with one attached hydrogen (secondary N) is 2. The second-order valence-electron chi connectivity index (χ2n) is 9.44. The molecule has 1 aromatic rings. The van der Waals surface area contributed by atoms with Crippen molar-refractivity contribution in [2.45, 2.75) is 84.2 Å². The van der Waals surface area contributed by atoms with Gasteiger partial charge < -0.3 is 30.5 Å². The number of aromatic hydroxyl groups is 1. The number of carbonyl (C=O) groups is 3. The van der Waals surface area contributed by atoms with Crippen molar-refractivity contribution in [2.75, 3.05) is 6.61 Å². The van der Waals surface area contributed by atoms with E-state index in [-0.39, 0.29) is 23.4 Å². The standard InChI is InChI=1S/C23H35N3O6/c1-13(2)24-20(29)18(16-9-7-8-14(3)19(16)28)26(15-10-11-15)21(30)17(12-27)25-22(31)32-23(4,5)6/h7-9,13,15,17-18,27-28H,10-12H2,1-6H3,(H,24,29)(H,25,31). The van der Waals surface area contributed by atoms with Crippen LogP contribution in [0.2, 0.25) is 0 Å². The Morgan fingerprint density at radius 3 is 2.31 bits per heavy atom. The molecule has 178 valence electrons. The largest absolute Gasteiger partial charge is 0.507 e. The first-order chi connectivity index (χ1) is 14.9. The Hall–Kier alpha value is -2.81. The van der Waals surface area contributed by atoms with Crippen LogP contribution in [0.3, 0.4) is 0 Å². The van der Waals surface area contributed by atoms with Gasteiger partial charge in [-0.2, -0.15) is 0 Å². The fraction of sp³-hybridized carbons (Fsp3) is 0.609. The van der Waals surface area contributed by atoms with Gasteiger partial charge in [-0.15, -0.1) is 0 Å². The Balaban J connectivity index is 2.43. The molecule has 4 N–H and O–H groups in total. The molecular formula is C23H35N3O6. The minimum atomic E-state index is -1.30. The Morgan fingerprint density at radius 2 is 1.81 bits per heavy atom. The molecule has 9 nitrogen and oxygen atoms in total. The van der Waals surface area contributed by atoms with E-state index in [0.29, 0.717) is 18.4 Å². The molecule has 0 spiro atoms. The summed E-state index contributed by atoms with van der Waals surface area (Å²) in [4.78, 5) is 40.3. The van der Waals surface area contributed by atoms with Gasteiger partial charge in [-0.3, -0.25) is 9.59 Å². The Labute approximate surface area is 189 Å². The van der Waals surface area contributed by atoms with E-state index in [1.165, 1.54) is 4.90 Å². The quantitative estimate of drug-likeness (QED) is 0.481. The molecule has 2 unspecified atom stereocenters. The van der Waals surface area contributed by atoms with Crippen LogP contribution >= 0.6 is 0 Å². The topological polar surface area (TPSA) is 128 Å². The number of para-hydroxylation sites is 1. The second kappa shape index (κ2) is 10.2. The van der Waals surface area contributed by atoms with Crippen molar-refractivity contribution in [2.24, 2.45) is 0 Å². The Bertz CT molecular complexity index is 845. The third-order valence-electron chi connectivity index (χ3n) is 4.89. The van der Waals surface area contributed by atoms with E-state index in [2.05, 4.69) is 10.6 Å². The molecule has 1 saturated carbocycles. The monoisotopic (exact) mass is 449 g/mol. The van der Waals surface area contributed by atoms with E-state index >= 15 is 0 Å². The van der Waals surface area contributed by atoms with Crippen LogP contribution in [0.25, 0.3) is 0 Å². The van der Waals surface area contributed by atoms with Gasteiger partial charge in [0.25, 0.3) is 0 Å². The average Bonchev–Trinajstić information content (AvgIpc) is 3.49. The van der Waals surface area contributed by atoms with Crippen LogP contribution in [0, 0.1) is 6.92 Å². The number of aliphatic hydroxyl groups is 1. The van der Waals surface area contributed by atoms with Gasteiger partial charge in [-0.25, -0.2) is 4.79 Å². The van der Waals surface area contributed by atoms with Crippen LogP contribution < -0.4 is 10.6 Å². The SMILES string of the molecule is Cc1cccc(C(C(=O)NC(C)C)N(C(=O)C(CO)NC(=O)OC(C)(C)C)C2CC2)c1O. The maximum absolute atomic E-state index is 13.5. The van der Waals surface area contributed by atoms with Gasteiger partial charge >= 0.3 is 6.09 Å². The van der Waals surface area contributed by atoms with Crippen LogP contribution in [0.4, 0.5) is 4.79 Å². The molecule has 1 aliphatic carbocycles. The van der Waals surface area contributed by atoms with Crippen LogP contribution in [0.5, 0.6) is 5.75 Å². The highest BCUT2D eigenvalue weighted by atomic mass is 16.6. The van der Waals surface area contributed by atoms with E-state index in [1.54, 1.807) is 59.7 Å². The lowest BCUT2D eigenvalue weighted by Crippen LogP contribution is -2.55. The van der Waals surface area contributed by atoms with Crippen molar-refractivity contribution < 1.29 is 29.3 Å². The number of rotatable bonds is 8. The maximum Gasteiger partial charge on any atom is 0.408 e. The first-order valence-electron chi connectivity index (χ1n) is 10.9. The number of aryl methyl sites for hydroxylation is 1. The number of carbonyl (C=O) groups excluding carboxylic acids is 3. The molecule has 2 atom stereocenters. The summed E-state index contributed by atoms with van der Waals surface area (Å²) in [6, 6.07) is 2.16. The first-order valence-corrected chi connectivity index (χ1v) is 10.9. The highest BCUT2D eigenvalue weighted by molar-refractivity contribution is 5.93. The summed E-state index contributed by atoms with van der Waals surface area (Å²) in [6.45, 7) is 9.70. The normalized spacial score (nSPS) is 15.6. The number of phenolic OH excluding ortho intramolecular Hbond substituents is 1. The molecule has 3 amide bonds. The Kier molecular flexibility index (Phi) is 8.12. The van der Waals surface area contributed by atoms with Crippen molar-refractivity contribution >= 4 is 17.9 Å². The van der Waals surface area contributed by atoms with Gasteiger partial charge in [0.05, 0.1) is 6.61 Å². The maximum atomic E-state index is 13.5. The zero-order valence-corrected chi connectivity index (χ0v) is 19.6. The number of hydrogen-bond acceptors (Lipinski definition) is 6. The third kappa shape index (κ3) is 6.59. The van der Waals surface area contributed by atoms with Gasteiger partial charge in [0.1, 0.15) is 23.4 Å². The summed E-state index contributed by atoms with van der Waals surface area (Å²) < 4.78 is 5.20. The van der Waals surface area contributed by atoms with Crippen LogP contribution in [0.1, 0.15) is 64.6 Å². The summed E-state index contributed by atoms with van der Waals surface area (Å²) >= 11 is 0. The van der Waals surface area contributed by atoms with Crippen LogP contribution in [-0.2, 0) is 14.3 Å². The van der Waals surface area contributed by atoms with E-state index in [4.69, 9.17) is 4.74 Å². The fourth-order valence-corrected chi connectivity index (χ4v) is 3.37. The van der Waals surface area contributed by atoms with Crippen molar-refractivity contribution in [1.29, 1.82) is 0 Å². The van der Waals surface area contributed by atoms with E-state index in [9.17, 15) is 24.6 Å². The minimum Gasteiger partial charge on any atom is -0.507 e. The number of nitrogens with zero attached hydrogens (tertiary/aromatic N) is 1. The van der Waals surface area contributed by atoms with Crippen molar-refractivity contribution in [1.82, 2.24) is 15.5 Å². The zero-order valence-electron chi connectivity index (χ0n) is 19.6. The lowest BCUT2D eigenvalue weighted by atomic mass is 9.99. The highest BCUT2D eigenvalue weighted by Gasteiger charge is 2.45. The smallest absolute Gasteiger partial charge is 0.408 e. The molecule has 32 heavy (non-hydrogen) atoms.